The smallest absolute Gasteiger partial charge is 0.359 e. The van der Waals surface area contributed by atoms with Crippen LogP contribution < -0.4 is 0 Å². The van der Waals surface area contributed by atoms with E-state index >= 15 is 0 Å². The number of hydrogen-bond acceptors (Lipinski definition) is 7. The molecule has 0 bridgehead atoms. The molecule has 20 heavy (non-hydrogen) atoms. The third-order valence-electron chi connectivity index (χ3n) is 1.71. The average Bonchev–Trinajstić information content (AvgIpc) is 2.31. The van der Waals surface area contributed by atoms with Gasteiger partial charge in [-0.15, -0.1) is 0 Å². The molecule has 0 saturated heterocycles. The zero-order valence-electron chi connectivity index (χ0n) is 12.1. The molecular weight excluding hydrogens is 289 g/mol. The van der Waals surface area contributed by atoms with Crippen molar-refractivity contribution in [3.8, 4) is 0 Å². The van der Waals surface area contributed by atoms with E-state index in [0.717, 1.165) is 0 Å². The summed E-state index contributed by atoms with van der Waals surface area (Å²) in [6, 6.07) is 0. The highest BCUT2D eigenvalue weighted by Gasteiger charge is 2.29. The van der Waals surface area contributed by atoms with Gasteiger partial charge in [0.15, 0.2) is 6.35 Å². The topological polar surface area (TPSA) is 123 Å². The summed E-state index contributed by atoms with van der Waals surface area (Å²) in [5.74, 6) is 0. The van der Waals surface area contributed by atoms with Crippen LogP contribution in [0.15, 0.2) is 5.11 Å². The van der Waals surface area contributed by atoms with Gasteiger partial charge in [0.25, 0.3) is 0 Å². The minimum Gasteiger partial charge on any atom is -0.394 e. The predicted molar refractivity (Wildman–Crippen MR) is 72.0 cm³/mol. The molecule has 0 amide bonds. The highest BCUT2D eigenvalue weighted by Crippen LogP contribution is 2.50. The molecular formula is C10H22N3O6P. The van der Waals surface area contributed by atoms with Crippen LogP contribution in [-0.2, 0) is 23.4 Å². The fourth-order valence-corrected chi connectivity index (χ4v) is 2.81. The van der Waals surface area contributed by atoms with Crippen LogP contribution in [0.1, 0.15) is 27.7 Å². The van der Waals surface area contributed by atoms with Crippen molar-refractivity contribution < 1.29 is 28.5 Å². The van der Waals surface area contributed by atoms with E-state index in [0.29, 0.717) is 0 Å². The molecule has 0 spiro atoms. The lowest BCUT2D eigenvalue weighted by Gasteiger charge is -2.22. The molecule has 0 unspecified atom stereocenters. The SMILES string of the molecule is CC(C)OP(=O)(COO[C@@H](CO)CN=[N+]=[N-])OC(C)C. The Morgan fingerprint density at radius 2 is 1.80 bits per heavy atom. The summed E-state index contributed by atoms with van der Waals surface area (Å²) < 4.78 is 22.8. The largest absolute Gasteiger partial charge is 0.394 e. The van der Waals surface area contributed by atoms with Crippen molar-refractivity contribution in [2.45, 2.75) is 46.0 Å². The second-order valence-corrected chi connectivity index (χ2v) is 6.38. The van der Waals surface area contributed by atoms with Crippen LogP contribution in [-0.4, -0.2) is 42.9 Å². The van der Waals surface area contributed by atoms with Crippen molar-refractivity contribution in [1.82, 2.24) is 0 Å². The number of hydrogen-bond donors (Lipinski definition) is 1. The van der Waals surface area contributed by atoms with E-state index in [2.05, 4.69) is 10.0 Å². The molecule has 0 fully saturated rings. The molecule has 0 aliphatic rings. The lowest BCUT2D eigenvalue weighted by molar-refractivity contribution is -0.316. The van der Waals surface area contributed by atoms with E-state index < -0.39 is 26.7 Å². The van der Waals surface area contributed by atoms with Gasteiger partial charge >= 0.3 is 7.60 Å². The van der Waals surface area contributed by atoms with Gasteiger partial charge in [0.1, 0.15) is 6.10 Å². The molecule has 0 aromatic heterocycles. The molecule has 1 N–H and O–H groups in total. The highest BCUT2D eigenvalue weighted by atomic mass is 31.2. The number of aliphatic hydroxyl groups excluding tert-OH is 1. The third-order valence-corrected chi connectivity index (χ3v) is 3.62. The lowest BCUT2D eigenvalue weighted by Crippen LogP contribution is -2.22. The van der Waals surface area contributed by atoms with Gasteiger partial charge in [-0.1, -0.05) is 5.11 Å². The second-order valence-electron chi connectivity index (χ2n) is 4.48. The van der Waals surface area contributed by atoms with Crippen molar-refractivity contribution in [3.63, 3.8) is 0 Å². The first-order valence-electron chi connectivity index (χ1n) is 6.18. The molecule has 1 atom stereocenters. The molecule has 0 heterocycles. The summed E-state index contributed by atoms with van der Waals surface area (Å²) in [4.78, 5) is 12.1. The first-order valence-corrected chi connectivity index (χ1v) is 7.91. The van der Waals surface area contributed by atoms with E-state index in [4.69, 9.17) is 29.5 Å². The van der Waals surface area contributed by atoms with Crippen LogP contribution >= 0.6 is 7.60 Å². The standard InChI is InChI=1S/C10H22N3O6P/c1-8(2)18-20(15,19-9(3)4)7-16-17-10(6-14)5-12-13-11/h8-10,14H,5-7H2,1-4H3/t10-/m1/s1. The normalized spacial score (nSPS) is 13.6. The van der Waals surface area contributed by atoms with Crippen LogP contribution in [0.25, 0.3) is 10.4 Å². The van der Waals surface area contributed by atoms with Crippen molar-refractivity contribution in [2.75, 3.05) is 19.5 Å². The second kappa shape index (κ2) is 10.1. The molecule has 0 rings (SSSR count). The minimum atomic E-state index is -3.46. The number of nitrogens with zero attached hydrogens (tertiary/aromatic N) is 3. The maximum atomic E-state index is 12.3. The summed E-state index contributed by atoms with van der Waals surface area (Å²) in [6.07, 6.45) is -1.87. The molecule has 0 saturated carbocycles. The van der Waals surface area contributed by atoms with Crippen LogP contribution in [0.5, 0.6) is 0 Å². The first-order chi connectivity index (χ1) is 9.33. The van der Waals surface area contributed by atoms with Gasteiger partial charge < -0.3 is 14.2 Å². The fourth-order valence-electron chi connectivity index (χ4n) is 1.17. The van der Waals surface area contributed by atoms with Gasteiger partial charge in [-0.2, -0.15) is 0 Å². The van der Waals surface area contributed by atoms with Crippen molar-refractivity contribution in [3.05, 3.63) is 10.4 Å². The first kappa shape index (κ1) is 19.3. The van der Waals surface area contributed by atoms with Gasteiger partial charge in [-0.3, -0.25) is 4.57 Å². The minimum absolute atomic E-state index is 0.104. The maximum absolute atomic E-state index is 12.3. The van der Waals surface area contributed by atoms with Crippen molar-refractivity contribution in [2.24, 2.45) is 5.11 Å². The van der Waals surface area contributed by atoms with E-state index in [1.165, 1.54) is 0 Å². The Morgan fingerprint density at radius 3 is 2.20 bits per heavy atom. The molecule has 0 aromatic rings. The van der Waals surface area contributed by atoms with E-state index in [1.54, 1.807) is 27.7 Å². The Labute approximate surface area is 118 Å². The van der Waals surface area contributed by atoms with Gasteiger partial charge in [0.05, 0.1) is 25.4 Å². The summed E-state index contributed by atoms with van der Waals surface area (Å²) >= 11 is 0. The monoisotopic (exact) mass is 311 g/mol. The third kappa shape index (κ3) is 9.28. The summed E-state index contributed by atoms with van der Waals surface area (Å²) in [5.41, 5.74) is 8.16. The highest BCUT2D eigenvalue weighted by molar-refractivity contribution is 7.53. The van der Waals surface area contributed by atoms with E-state index in [9.17, 15) is 4.57 Å². The molecule has 118 valence electrons. The Bertz CT molecular complexity index is 345. The van der Waals surface area contributed by atoms with Gasteiger partial charge in [-0.25, -0.2) is 9.78 Å². The molecule has 0 aromatic carbocycles. The zero-order chi connectivity index (χ0) is 15.6. The predicted octanol–water partition coefficient (Wildman–Crippen LogP) is 2.61. The van der Waals surface area contributed by atoms with Crippen LogP contribution in [0.4, 0.5) is 0 Å². The number of rotatable bonds is 11. The zero-order valence-corrected chi connectivity index (χ0v) is 13.0. The van der Waals surface area contributed by atoms with Gasteiger partial charge in [-0.05, 0) is 33.2 Å². The Hall–Kier alpha value is -0.660. The summed E-state index contributed by atoms with van der Waals surface area (Å²) in [7, 11) is -3.46. The van der Waals surface area contributed by atoms with Gasteiger partial charge in [0.2, 0.25) is 0 Å². The summed E-state index contributed by atoms with van der Waals surface area (Å²) in [5, 5.41) is 12.2. The van der Waals surface area contributed by atoms with Crippen molar-refractivity contribution >= 4 is 7.60 Å². The summed E-state index contributed by atoms with van der Waals surface area (Å²) in [6.45, 7) is 6.36. The van der Waals surface area contributed by atoms with Crippen LogP contribution in [0.2, 0.25) is 0 Å². The quantitative estimate of drug-likeness (QED) is 0.156. The van der Waals surface area contributed by atoms with Crippen molar-refractivity contribution in [1.29, 1.82) is 0 Å². The Morgan fingerprint density at radius 1 is 1.25 bits per heavy atom. The van der Waals surface area contributed by atoms with Crippen LogP contribution in [0, 0.1) is 0 Å². The Kier molecular flexibility index (Phi) is 9.79. The lowest BCUT2D eigenvalue weighted by atomic mass is 10.4. The number of aliphatic hydroxyl groups is 1. The Balaban J connectivity index is 4.38. The van der Waals surface area contributed by atoms with Crippen LogP contribution in [0.3, 0.4) is 0 Å². The van der Waals surface area contributed by atoms with E-state index in [1.807, 2.05) is 0 Å². The van der Waals surface area contributed by atoms with Gasteiger partial charge in [0, 0.05) is 4.91 Å². The fraction of sp³-hybridized carbons (Fsp3) is 1.00. The molecule has 0 aliphatic heterocycles. The average molecular weight is 311 g/mol. The molecule has 0 radical (unpaired) electrons. The van der Waals surface area contributed by atoms with E-state index in [-0.39, 0.29) is 18.8 Å². The molecule has 9 nitrogen and oxygen atoms in total. The number of azide groups is 1. The molecule has 0 aliphatic carbocycles. The maximum Gasteiger partial charge on any atom is 0.359 e. The molecule has 10 heteroatoms.